The highest BCUT2D eigenvalue weighted by molar-refractivity contribution is 7.09. The molecule has 1 amide bonds. The minimum atomic E-state index is -0.218. The van der Waals surface area contributed by atoms with Crippen LogP contribution in [0.4, 0.5) is 5.82 Å². The van der Waals surface area contributed by atoms with Crippen LogP contribution in [0, 0.1) is 0 Å². The highest BCUT2D eigenvalue weighted by Crippen LogP contribution is 2.24. The number of thiophene rings is 1. The number of carbonyl (C=O) groups is 1. The van der Waals surface area contributed by atoms with Crippen LogP contribution in [0.5, 0.6) is 0 Å². The molecule has 8 heteroatoms. The van der Waals surface area contributed by atoms with Crippen LogP contribution in [-0.4, -0.2) is 38.5 Å². The third-order valence-electron chi connectivity index (χ3n) is 4.26. The number of fused-ring (bicyclic) bond motifs is 1. The number of nitrogens with one attached hydrogen (secondary N) is 2. The third-order valence-corrected chi connectivity index (χ3v) is 5.13. The Labute approximate surface area is 165 Å². The molecule has 3 N–H and O–H groups in total. The first-order valence-electron chi connectivity index (χ1n) is 8.84. The van der Waals surface area contributed by atoms with Crippen molar-refractivity contribution in [3.8, 4) is 11.3 Å². The maximum absolute atomic E-state index is 12.2. The van der Waals surface area contributed by atoms with E-state index in [1.165, 1.54) is 4.88 Å². The first-order chi connectivity index (χ1) is 13.8. The van der Waals surface area contributed by atoms with E-state index in [9.17, 15) is 4.79 Å². The molecular weight excluding hydrogens is 374 g/mol. The second-order valence-corrected chi connectivity index (χ2v) is 7.14. The monoisotopic (exact) mass is 393 g/mol. The average molecular weight is 393 g/mol. The summed E-state index contributed by atoms with van der Waals surface area (Å²) in [7, 11) is 0. The molecule has 0 saturated heterocycles. The SMILES string of the molecule is O=C(NCCO)c1cccc(-c2cnc3c(NCc4cccs4)nccn23)c1. The number of nitrogens with zero attached hydrogens (tertiary/aromatic N) is 3. The number of aliphatic hydroxyl groups excluding tert-OH is 1. The molecule has 0 atom stereocenters. The molecule has 0 saturated carbocycles. The summed E-state index contributed by atoms with van der Waals surface area (Å²) in [6.07, 6.45) is 5.36. The van der Waals surface area contributed by atoms with Gasteiger partial charge in [0.05, 0.1) is 25.0 Å². The minimum Gasteiger partial charge on any atom is -0.395 e. The van der Waals surface area contributed by atoms with Crippen LogP contribution in [0.1, 0.15) is 15.2 Å². The van der Waals surface area contributed by atoms with Gasteiger partial charge in [-0.3, -0.25) is 9.20 Å². The molecule has 7 nitrogen and oxygen atoms in total. The first kappa shape index (κ1) is 18.1. The Morgan fingerprint density at radius 1 is 1.21 bits per heavy atom. The van der Waals surface area contributed by atoms with Crippen molar-refractivity contribution in [2.75, 3.05) is 18.5 Å². The van der Waals surface area contributed by atoms with Crippen LogP contribution < -0.4 is 10.6 Å². The Bertz CT molecular complexity index is 1090. The van der Waals surface area contributed by atoms with E-state index in [0.717, 1.165) is 16.9 Å². The second-order valence-electron chi connectivity index (χ2n) is 6.11. The molecule has 4 rings (SSSR count). The smallest absolute Gasteiger partial charge is 0.251 e. The van der Waals surface area contributed by atoms with E-state index in [2.05, 4.69) is 26.7 Å². The molecule has 0 radical (unpaired) electrons. The van der Waals surface area contributed by atoms with Gasteiger partial charge < -0.3 is 15.7 Å². The van der Waals surface area contributed by atoms with Crippen LogP contribution in [0.2, 0.25) is 0 Å². The molecule has 3 aromatic heterocycles. The topological polar surface area (TPSA) is 91.5 Å². The summed E-state index contributed by atoms with van der Waals surface area (Å²) in [5.41, 5.74) is 3.00. The summed E-state index contributed by atoms with van der Waals surface area (Å²) in [6, 6.07) is 11.4. The highest BCUT2D eigenvalue weighted by Gasteiger charge is 2.12. The lowest BCUT2D eigenvalue weighted by Crippen LogP contribution is -2.26. The van der Waals surface area contributed by atoms with E-state index < -0.39 is 0 Å². The molecule has 142 valence electrons. The van der Waals surface area contributed by atoms with Gasteiger partial charge in [0.1, 0.15) is 0 Å². The number of rotatable bonds is 7. The molecule has 0 fully saturated rings. The molecule has 0 aliphatic heterocycles. The largest absolute Gasteiger partial charge is 0.395 e. The summed E-state index contributed by atoms with van der Waals surface area (Å²) in [5.74, 6) is 0.490. The van der Waals surface area contributed by atoms with Crippen molar-refractivity contribution in [1.29, 1.82) is 0 Å². The zero-order chi connectivity index (χ0) is 19.3. The average Bonchev–Trinajstić information content (AvgIpc) is 3.40. The molecule has 1 aromatic carbocycles. The Hall–Kier alpha value is -3.23. The van der Waals surface area contributed by atoms with E-state index in [0.29, 0.717) is 17.9 Å². The Morgan fingerprint density at radius 2 is 2.14 bits per heavy atom. The van der Waals surface area contributed by atoms with Crippen molar-refractivity contribution < 1.29 is 9.90 Å². The van der Waals surface area contributed by atoms with Gasteiger partial charge in [0, 0.05) is 34.9 Å². The standard InChI is InChI=1S/C20H19N5O2S/c26-9-7-22-20(27)15-4-1-3-14(11-15)17-13-24-19-18(21-6-8-25(17)19)23-12-16-5-2-10-28-16/h1-6,8,10-11,13,26H,7,9,12H2,(H,21,23)(H,22,27). The molecule has 0 spiro atoms. The van der Waals surface area contributed by atoms with Gasteiger partial charge in [-0.1, -0.05) is 18.2 Å². The maximum atomic E-state index is 12.2. The van der Waals surface area contributed by atoms with Gasteiger partial charge in [-0.15, -0.1) is 11.3 Å². The quantitative estimate of drug-likeness (QED) is 0.449. The van der Waals surface area contributed by atoms with Crippen molar-refractivity contribution in [2.24, 2.45) is 0 Å². The third kappa shape index (κ3) is 3.73. The van der Waals surface area contributed by atoms with Gasteiger partial charge in [0.25, 0.3) is 5.91 Å². The number of carbonyl (C=O) groups excluding carboxylic acids is 1. The number of imidazole rings is 1. The van der Waals surface area contributed by atoms with Gasteiger partial charge in [-0.05, 0) is 23.6 Å². The van der Waals surface area contributed by atoms with E-state index in [1.54, 1.807) is 29.8 Å². The summed E-state index contributed by atoms with van der Waals surface area (Å²) in [6.45, 7) is 0.823. The summed E-state index contributed by atoms with van der Waals surface area (Å²) in [5, 5.41) is 16.9. The number of amides is 1. The van der Waals surface area contributed by atoms with Crippen LogP contribution in [0.15, 0.2) is 60.4 Å². The summed E-state index contributed by atoms with van der Waals surface area (Å²) in [4.78, 5) is 22.3. The number of benzene rings is 1. The first-order valence-corrected chi connectivity index (χ1v) is 9.72. The van der Waals surface area contributed by atoms with Gasteiger partial charge in [-0.2, -0.15) is 0 Å². The molecule has 0 aliphatic carbocycles. The lowest BCUT2D eigenvalue weighted by Gasteiger charge is -2.08. The fourth-order valence-electron chi connectivity index (χ4n) is 2.93. The predicted octanol–water partition coefficient (Wildman–Crippen LogP) is 2.79. The number of hydrogen-bond donors (Lipinski definition) is 3. The lowest BCUT2D eigenvalue weighted by atomic mass is 10.1. The minimum absolute atomic E-state index is 0.0903. The number of hydrogen-bond acceptors (Lipinski definition) is 6. The van der Waals surface area contributed by atoms with Crippen LogP contribution in [-0.2, 0) is 6.54 Å². The molecule has 28 heavy (non-hydrogen) atoms. The summed E-state index contributed by atoms with van der Waals surface area (Å²) < 4.78 is 1.95. The van der Waals surface area contributed by atoms with Gasteiger partial charge in [0.2, 0.25) is 0 Å². The van der Waals surface area contributed by atoms with Gasteiger partial charge >= 0.3 is 0 Å². The van der Waals surface area contributed by atoms with E-state index in [1.807, 2.05) is 40.2 Å². The summed E-state index contributed by atoms with van der Waals surface area (Å²) >= 11 is 1.69. The van der Waals surface area contributed by atoms with E-state index >= 15 is 0 Å². The van der Waals surface area contributed by atoms with Crippen LogP contribution in [0.25, 0.3) is 16.9 Å². The molecule has 3 heterocycles. The fourth-order valence-corrected chi connectivity index (χ4v) is 3.58. The zero-order valence-electron chi connectivity index (χ0n) is 15.0. The van der Waals surface area contributed by atoms with E-state index in [4.69, 9.17) is 5.11 Å². The highest BCUT2D eigenvalue weighted by atomic mass is 32.1. The van der Waals surface area contributed by atoms with Crippen molar-refractivity contribution >= 4 is 28.7 Å². The number of aliphatic hydroxyl groups is 1. The van der Waals surface area contributed by atoms with Gasteiger partial charge in [0.15, 0.2) is 11.5 Å². The van der Waals surface area contributed by atoms with Crippen molar-refractivity contribution in [3.05, 3.63) is 70.8 Å². The maximum Gasteiger partial charge on any atom is 0.251 e. The van der Waals surface area contributed by atoms with Gasteiger partial charge in [-0.25, -0.2) is 9.97 Å². The normalized spacial score (nSPS) is 10.9. The number of anilines is 1. The molecule has 0 aliphatic rings. The van der Waals surface area contributed by atoms with E-state index in [-0.39, 0.29) is 19.1 Å². The lowest BCUT2D eigenvalue weighted by molar-refractivity contribution is 0.0945. The Morgan fingerprint density at radius 3 is 2.96 bits per heavy atom. The molecule has 0 unspecified atom stereocenters. The van der Waals surface area contributed by atoms with Crippen LogP contribution >= 0.6 is 11.3 Å². The van der Waals surface area contributed by atoms with Crippen molar-refractivity contribution in [2.45, 2.75) is 6.54 Å². The second kappa shape index (κ2) is 8.20. The van der Waals surface area contributed by atoms with Crippen LogP contribution in [0.3, 0.4) is 0 Å². The Balaban J connectivity index is 1.63. The zero-order valence-corrected chi connectivity index (χ0v) is 15.8. The fraction of sp³-hybridized carbons (Fsp3) is 0.150. The molecular formula is C20H19N5O2S. The molecule has 0 bridgehead atoms. The van der Waals surface area contributed by atoms with Crippen molar-refractivity contribution in [1.82, 2.24) is 19.7 Å². The Kier molecular flexibility index (Phi) is 5.31. The number of aromatic nitrogens is 3. The molecule has 4 aromatic rings. The predicted molar refractivity (Wildman–Crippen MR) is 109 cm³/mol. The van der Waals surface area contributed by atoms with Crippen molar-refractivity contribution in [3.63, 3.8) is 0 Å².